The molecule has 2 fully saturated rings. The average molecular weight is 662 g/mol. The summed E-state index contributed by atoms with van der Waals surface area (Å²) in [6.07, 6.45) is 4.44. The molecule has 2 saturated heterocycles. The van der Waals surface area contributed by atoms with Gasteiger partial charge in [-0.1, -0.05) is 24.0 Å². The summed E-state index contributed by atoms with van der Waals surface area (Å²) in [5.74, 6) is 0.795. The van der Waals surface area contributed by atoms with Crippen LogP contribution in [0, 0.1) is 10.1 Å². The Morgan fingerprint density at radius 3 is 2.59 bits per heavy atom. The number of carbonyl (C=O) groups is 4. The van der Waals surface area contributed by atoms with Crippen LogP contribution in [0.2, 0.25) is 0 Å². The lowest BCUT2D eigenvalue weighted by Crippen LogP contribution is -2.36. The predicted molar refractivity (Wildman–Crippen MR) is 172 cm³/mol. The molecule has 3 rings (SSSR count). The molecule has 46 heavy (non-hydrogen) atoms. The minimum absolute atomic E-state index is 0.0237. The first-order chi connectivity index (χ1) is 22.2. The van der Waals surface area contributed by atoms with Crippen LogP contribution >= 0.6 is 11.8 Å². The lowest BCUT2D eigenvalue weighted by atomic mass is 10.0. The van der Waals surface area contributed by atoms with E-state index in [-0.39, 0.29) is 60.8 Å². The van der Waals surface area contributed by atoms with Crippen LogP contribution in [-0.4, -0.2) is 71.6 Å². The molecule has 16 nitrogen and oxygen atoms in total. The summed E-state index contributed by atoms with van der Waals surface area (Å²) >= 11 is 1.87. The van der Waals surface area contributed by atoms with Gasteiger partial charge < -0.3 is 31.3 Å². The molecule has 5 N–H and O–H groups in total. The molecule has 0 aliphatic carbocycles. The normalized spacial score (nSPS) is 18.7. The van der Waals surface area contributed by atoms with Gasteiger partial charge in [0.1, 0.15) is 6.10 Å². The molecule has 252 valence electrons. The molecule has 1 aromatic rings. The van der Waals surface area contributed by atoms with Crippen molar-refractivity contribution in [3.05, 3.63) is 49.9 Å². The van der Waals surface area contributed by atoms with E-state index in [1.165, 1.54) is 19.1 Å². The standard InChI is InChI=1S/C29H43N9O7S/c1-19(45-29(42)32-14-7-15-34-37-30)21-16-20(11-12-23(21)38(43)44)17-33-26(40)9-3-2-6-13-31-25(39)10-5-4-8-24-27-22(18-46-24)35-28(41)36-27/h11-12,16,19,22,24,27H,2-10,13-15,17-18H2,1H3,(H,31,39)(H,32,42)(H,33,40)(H2,35,36,41)/t19?,22-,24-,27-/m0/s1. The quantitative estimate of drug-likeness (QED) is 0.0259. The molecule has 0 bridgehead atoms. The topological polar surface area (TPSA) is 230 Å². The molecule has 17 heteroatoms. The zero-order valence-corrected chi connectivity index (χ0v) is 26.8. The van der Waals surface area contributed by atoms with Gasteiger partial charge in [-0.2, -0.15) is 11.8 Å². The van der Waals surface area contributed by atoms with Crippen molar-refractivity contribution in [2.45, 2.75) is 94.7 Å². The number of benzene rings is 1. The Hall–Kier alpha value is -4.24. The molecule has 1 unspecified atom stereocenters. The first-order valence-electron chi connectivity index (χ1n) is 15.6. The summed E-state index contributed by atoms with van der Waals surface area (Å²) in [5.41, 5.74) is 8.90. The van der Waals surface area contributed by atoms with Crippen LogP contribution in [0.5, 0.6) is 0 Å². The average Bonchev–Trinajstić information content (AvgIpc) is 3.58. The van der Waals surface area contributed by atoms with Gasteiger partial charge in [-0.25, -0.2) is 9.59 Å². The van der Waals surface area contributed by atoms with Gasteiger partial charge in [0.05, 0.1) is 22.6 Å². The van der Waals surface area contributed by atoms with Crippen LogP contribution in [0.1, 0.15) is 81.9 Å². The Balaban J connectivity index is 1.26. The second kappa shape index (κ2) is 19.3. The number of nitro groups is 1. The molecule has 2 heterocycles. The number of carbonyl (C=O) groups excluding carboxylic acids is 4. The van der Waals surface area contributed by atoms with Crippen LogP contribution in [0.4, 0.5) is 15.3 Å². The fourth-order valence-electron chi connectivity index (χ4n) is 5.32. The van der Waals surface area contributed by atoms with E-state index >= 15 is 0 Å². The lowest BCUT2D eigenvalue weighted by molar-refractivity contribution is -0.386. The zero-order chi connectivity index (χ0) is 33.3. The van der Waals surface area contributed by atoms with Crippen LogP contribution in [0.3, 0.4) is 0 Å². The van der Waals surface area contributed by atoms with Crippen LogP contribution in [-0.2, 0) is 20.9 Å². The van der Waals surface area contributed by atoms with E-state index in [1.807, 2.05) is 11.8 Å². The van der Waals surface area contributed by atoms with Gasteiger partial charge in [0.2, 0.25) is 11.8 Å². The van der Waals surface area contributed by atoms with Crippen molar-refractivity contribution >= 4 is 41.4 Å². The lowest BCUT2D eigenvalue weighted by Gasteiger charge is -2.16. The van der Waals surface area contributed by atoms with Crippen molar-refractivity contribution in [2.75, 3.05) is 25.4 Å². The third-order valence-corrected chi connectivity index (χ3v) is 9.26. The molecule has 0 radical (unpaired) electrons. The Labute approximate surface area is 271 Å². The zero-order valence-electron chi connectivity index (χ0n) is 26.0. The number of fused-ring (bicyclic) bond motifs is 1. The first kappa shape index (κ1) is 36.2. The number of hydrogen-bond acceptors (Lipinski definition) is 9. The van der Waals surface area contributed by atoms with E-state index in [0.29, 0.717) is 43.0 Å². The van der Waals surface area contributed by atoms with E-state index in [1.54, 1.807) is 6.07 Å². The highest BCUT2D eigenvalue weighted by atomic mass is 32.2. The summed E-state index contributed by atoms with van der Waals surface area (Å²) in [7, 11) is 0. The number of rotatable bonds is 20. The fourth-order valence-corrected chi connectivity index (χ4v) is 6.87. The summed E-state index contributed by atoms with van der Waals surface area (Å²) in [4.78, 5) is 61.7. The van der Waals surface area contributed by atoms with Crippen LogP contribution in [0.15, 0.2) is 23.3 Å². The maximum Gasteiger partial charge on any atom is 0.407 e. The number of urea groups is 1. The third kappa shape index (κ3) is 12.3. The number of nitro benzene ring substituents is 1. The predicted octanol–water partition coefficient (Wildman–Crippen LogP) is 4.10. The van der Waals surface area contributed by atoms with Gasteiger partial charge in [0, 0.05) is 61.0 Å². The maximum atomic E-state index is 12.4. The third-order valence-electron chi connectivity index (χ3n) is 7.75. The highest BCUT2D eigenvalue weighted by Crippen LogP contribution is 2.33. The number of hydrogen-bond donors (Lipinski definition) is 5. The summed E-state index contributed by atoms with van der Waals surface area (Å²) in [6.45, 7) is 2.67. The molecule has 1 aromatic carbocycles. The van der Waals surface area contributed by atoms with E-state index < -0.39 is 17.1 Å². The van der Waals surface area contributed by atoms with E-state index in [4.69, 9.17) is 10.3 Å². The number of nitrogens with one attached hydrogen (secondary N) is 5. The molecular weight excluding hydrogens is 618 g/mol. The molecule has 0 saturated carbocycles. The smallest absolute Gasteiger partial charge is 0.407 e. The van der Waals surface area contributed by atoms with Crippen LogP contribution in [0.25, 0.3) is 10.4 Å². The Bertz CT molecular complexity index is 1280. The van der Waals surface area contributed by atoms with E-state index in [9.17, 15) is 29.3 Å². The summed E-state index contributed by atoms with van der Waals surface area (Å²) < 4.78 is 5.29. The minimum Gasteiger partial charge on any atom is -0.441 e. The largest absolute Gasteiger partial charge is 0.441 e. The van der Waals surface area contributed by atoms with Gasteiger partial charge >= 0.3 is 12.1 Å². The Morgan fingerprint density at radius 1 is 1.09 bits per heavy atom. The monoisotopic (exact) mass is 661 g/mol. The highest BCUT2D eigenvalue weighted by Gasteiger charge is 2.42. The number of unbranched alkanes of at least 4 members (excludes halogenated alkanes) is 3. The summed E-state index contributed by atoms with van der Waals surface area (Å²) in [5, 5.41) is 29.5. The SMILES string of the molecule is CC(OC(=O)NCCCN=[N+]=[N-])c1cc(CNC(=O)CCCCCNC(=O)CCCC[C@@H]2SC[C@@H]3NC(=O)N[C@@H]32)ccc1[N+](=O)[O-]. The van der Waals surface area contributed by atoms with Crippen molar-refractivity contribution in [1.82, 2.24) is 26.6 Å². The Morgan fingerprint density at radius 2 is 1.83 bits per heavy atom. The van der Waals surface area contributed by atoms with Gasteiger partial charge in [-0.15, -0.1) is 0 Å². The van der Waals surface area contributed by atoms with Crippen molar-refractivity contribution in [2.24, 2.45) is 5.11 Å². The minimum atomic E-state index is -0.923. The first-order valence-corrected chi connectivity index (χ1v) is 16.7. The van der Waals surface area contributed by atoms with E-state index in [0.717, 1.165) is 37.9 Å². The summed E-state index contributed by atoms with van der Waals surface area (Å²) in [6, 6.07) is 4.72. The number of amides is 5. The molecule has 4 atom stereocenters. The second-order valence-corrected chi connectivity index (χ2v) is 12.5. The second-order valence-electron chi connectivity index (χ2n) is 11.2. The molecule has 0 aromatic heterocycles. The highest BCUT2D eigenvalue weighted by molar-refractivity contribution is 8.00. The maximum absolute atomic E-state index is 12.4. The number of thioether (sulfide) groups is 1. The molecule has 2 aliphatic heterocycles. The number of ether oxygens (including phenoxy) is 1. The Kier molecular flexibility index (Phi) is 15.2. The van der Waals surface area contributed by atoms with Gasteiger partial charge in [-0.3, -0.25) is 19.7 Å². The molecule has 2 aliphatic rings. The molecular formula is C29H43N9O7S. The van der Waals surface area contributed by atoms with Crippen molar-refractivity contribution < 1.29 is 28.8 Å². The van der Waals surface area contributed by atoms with Crippen molar-refractivity contribution in [3.8, 4) is 0 Å². The number of alkyl carbamates (subject to hydrolysis) is 1. The van der Waals surface area contributed by atoms with Gasteiger partial charge in [0.15, 0.2) is 0 Å². The molecule has 5 amide bonds. The van der Waals surface area contributed by atoms with Crippen LogP contribution < -0.4 is 26.6 Å². The van der Waals surface area contributed by atoms with Crippen molar-refractivity contribution in [1.29, 1.82) is 0 Å². The molecule has 0 spiro atoms. The number of nitrogens with zero attached hydrogens (tertiary/aromatic N) is 4. The van der Waals surface area contributed by atoms with Gasteiger partial charge in [-0.05, 0) is 56.2 Å². The van der Waals surface area contributed by atoms with Crippen molar-refractivity contribution in [3.63, 3.8) is 0 Å². The number of azide groups is 1. The fraction of sp³-hybridized carbons (Fsp3) is 0.655. The van der Waals surface area contributed by atoms with Gasteiger partial charge in [0.25, 0.3) is 5.69 Å². The van der Waals surface area contributed by atoms with E-state index in [2.05, 4.69) is 36.6 Å².